The van der Waals surface area contributed by atoms with Crippen molar-refractivity contribution in [3.05, 3.63) is 0 Å². The van der Waals surface area contributed by atoms with Crippen molar-refractivity contribution in [1.29, 1.82) is 0 Å². The van der Waals surface area contributed by atoms with Crippen molar-refractivity contribution >= 4 is 0 Å². The second-order valence-electron chi connectivity index (χ2n) is 30.1. The normalized spacial score (nSPS) is 43.3. The Hall–Kier alpha value is 0. The van der Waals surface area contributed by atoms with Gasteiger partial charge in [-0.15, -0.1) is 0 Å². The summed E-state index contributed by atoms with van der Waals surface area (Å²) in [6.45, 7) is 46.2. The van der Waals surface area contributed by atoms with Gasteiger partial charge in [-0.2, -0.15) is 0 Å². The molecule has 0 nitrogen and oxygen atoms in total. The smallest absolute Gasteiger partial charge is 0.0298 e. The zero-order valence-electron chi connectivity index (χ0n) is 47.0. The molecule has 0 aromatic carbocycles. The average Bonchev–Trinajstić information content (AvgIpc) is 3.56. The summed E-state index contributed by atoms with van der Waals surface area (Å²) in [5, 5.41) is 0. The highest BCUT2D eigenvalue weighted by Gasteiger charge is 2.51. The Balaban J connectivity index is 0.000000143. The molecule has 14 saturated carbocycles. The van der Waals surface area contributed by atoms with Crippen LogP contribution in [0.2, 0.25) is 0 Å². The van der Waals surface area contributed by atoms with Crippen LogP contribution >= 0.6 is 0 Å². The van der Waals surface area contributed by atoms with Gasteiger partial charge in [0.2, 0.25) is 0 Å². The Morgan fingerprint density at radius 3 is 1.06 bits per heavy atom. The highest BCUT2D eigenvalue weighted by atomic mass is 14.6. The molecule has 0 radical (unpaired) electrons. The van der Waals surface area contributed by atoms with E-state index in [1.165, 1.54) is 122 Å². The molecule has 0 amide bonds. The molecule has 63 heavy (non-hydrogen) atoms. The lowest BCUT2D eigenvalue weighted by atomic mass is 9.52. The monoisotopic (exact) mass is 875 g/mol. The molecule has 5 atom stereocenters. The molecule has 0 aromatic heterocycles. The Kier molecular flexibility index (Phi) is 17.9. The van der Waals surface area contributed by atoms with Gasteiger partial charge in [-0.05, 0) is 243 Å². The summed E-state index contributed by atoms with van der Waals surface area (Å²) in [4.78, 5) is 0. The van der Waals surface area contributed by atoms with Crippen LogP contribution < -0.4 is 0 Å². The maximum Gasteiger partial charge on any atom is -0.0298 e. The van der Waals surface area contributed by atoms with E-state index in [1.54, 1.807) is 32.1 Å². The first-order valence-electron chi connectivity index (χ1n) is 29.1. The maximum absolute atomic E-state index is 2.49. The Morgan fingerprint density at radius 1 is 0.429 bits per heavy atom. The molecule has 0 spiro atoms. The van der Waals surface area contributed by atoms with E-state index in [9.17, 15) is 0 Å². The predicted molar refractivity (Wildman–Crippen MR) is 281 cm³/mol. The third-order valence-electron chi connectivity index (χ3n) is 24.8. The van der Waals surface area contributed by atoms with Gasteiger partial charge in [-0.25, -0.2) is 0 Å². The lowest BCUT2D eigenvalue weighted by molar-refractivity contribution is -0.0319. The summed E-state index contributed by atoms with van der Waals surface area (Å²) in [7, 11) is 0. The molecule has 1 unspecified atom stereocenters. The molecule has 0 N–H and O–H groups in total. The van der Waals surface area contributed by atoms with E-state index < -0.39 is 0 Å². The summed E-state index contributed by atoms with van der Waals surface area (Å²) in [5.74, 6) is 13.8. The highest BCUT2D eigenvalue weighted by molar-refractivity contribution is 5.01. The summed E-state index contributed by atoms with van der Waals surface area (Å²) >= 11 is 0. The molecule has 14 aliphatic rings. The van der Waals surface area contributed by atoms with E-state index >= 15 is 0 Å². The molecule has 0 heteroatoms. The van der Waals surface area contributed by atoms with Gasteiger partial charge in [-0.1, -0.05) is 157 Å². The van der Waals surface area contributed by atoms with Crippen LogP contribution in [0.4, 0.5) is 0 Å². The second-order valence-corrected chi connectivity index (χ2v) is 30.1. The van der Waals surface area contributed by atoms with Crippen LogP contribution in [-0.2, 0) is 0 Å². The molecule has 0 saturated heterocycles. The minimum atomic E-state index is 0.526. The van der Waals surface area contributed by atoms with Gasteiger partial charge in [0, 0.05) is 0 Å². The first-order valence-corrected chi connectivity index (χ1v) is 29.1. The van der Waals surface area contributed by atoms with Crippen molar-refractivity contribution in [3.8, 4) is 0 Å². The quantitative estimate of drug-likeness (QED) is 0.259. The van der Waals surface area contributed by atoms with E-state index in [-0.39, 0.29) is 0 Å². The standard InChI is InChI=1S/C12H24.C11H20.C11H22.2C10H18.C9H16/c1-7-12(6)8-10(2,3)11(4,5)9-12;1-8-9-4-6-10(7-5-9)11(8,2)3;1-6-9-7-10(2,3)11(4,5)8-9;1-8-7-9-3-5-10(8,2)6-4-9;1-7-8(2)10-5-3-9(7)4-6-10;1-7-6-8-2-4-9(7)5-3-8/h7-9H2,1-6H3;8-10H,4-7H2,1-3H3;9H,6-8H2,1-5H3;8-9H,3-7H2,1-2H3;7-10H,3-6H2,1-2H3;7-9H,2-6H2,1H3/t;8-,9?,10?;;8-,9?,10?;7-,8?,9?,10?;7-,8?,9?/m.1.000/s1. The van der Waals surface area contributed by atoms with E-state index in [1.807, 2.05) is 0 Å². The van der Waals surface area contributed by atoms with E-state index in [0.29, 0.717) is 32.5 Å². The van der Waals surface area contributed by atoms with Crippen LogP contribution in [0.25, 0.3) is 0 Å². The number of rotatable bonds is 2. The number of hydrogen-bond donors (Lipinski definition) is 0. The minimum absolute atomic E-state index is 0.526. The van der Waals surface area contributed by atoms with Gasteiger partial charge in [0.1, 0.15) is 0 Å². The van der Waals surface area contributed by atoms with Crippen molar-refractivity contribution < 1.29 is 0 Å². The Labute approximate surface area is 398 Å². The number of fused-ring (bicyclic) bond motifs is 12. The molecule has 14 fully saturated rings. The second kappa shape index (κ2) is 20.9. The zero-order chi connectivity index (χ0) is 47.0. The molecule has 0 heterocycles. The first-order chi connectivity index (χ1) is 29.1. The van der Waals surface area contributed by atoms with Crippen LogP contribution in [0.15, 0.2) is 0 Å². The minimum Gasteiger partial charge on any atom is -0.0651 e. The van der Waals surface area contributed by atoms with Gasteiger partial charge in [0.05, 0.1) is 0 Å². The molecular formula is C63H118. The number of hydrogen-bond acceptors (Lipinski definition) is 0. The Bertz CT molecular complexity index is 1300. The van der Waals surface area contributed by atoms with Crippen LogP contribution in [0.5, 0.6) is 0 Å². The molecule has 0 aliphatic heterocycles. The molecule has 8 bridgehead atoms. The summed E-state index contributed by atoms with van der Waals surface area (Å²) in [6, 6.07) is 0. The van der Waals surface area contributed by atoms with Gasteiger partial charge >= 0.3 is 0 Å². The van der Waals surface area contributed by atoms with Crippen molar-refractivity contribution in [1.82, 2.24) is 0 Å². The van der Waals surface area contributed by atoms with Gasteiger partial charge in [0.25, 0.3) is 0 Å². The van der Waals surface area contributed by atoms with Crippen molar-refractivity contribution in [2.24, 2.45) is 115 Å². The molecule has 14 aliphatic carbocycles. The van der Waals surface area contributed by atoms with Crippen molar-refractivity contribution in [2.75, 3.05) is 0 Å². The molecule has 370 valence electrons. The van der Waals surface area contributed by atoms with Crippen LogP contribution in [0.3, 0.4) is 0 Å². The van der Waals surface area contributed by atoms with E-state index in [4.69, 9.17) is 0 Å². The van der Waals surface area contributed by atoms with Gasteiger partial charge in [0.15, 0.2) is 0 Å². The van der Waals surface area contributed by atoms with Gasteiger partial charge in [-0.3, -0.25) is 0 Å². The Morgan fingerprint density at radius 2 is 0.841 bits per heavy atom. The van der Waals surface area contributed by atoms with E-state index in [0.717, 1.165) is 82.3 Å². The fraction of sp³-hybridized carbons (Fsp3) is 1.00. The third-order valence-corrected chi connectivity index (χ3v) is 24.8. The fourth-order valence-corrected chi connectivity index (χ4v) is 17.2. The van der Waals surface area contributed by atoms with Crippen LogP contribution in [0.1, 0.15) is 286 Å². The third kappa shape index (κ3) is 12.6. The maximum atomic E-state index is 2.49. The van der Waals surface area contributed by atoms with Crippen LogP contribution in [0, 0.1) is 115 Å². The lowest BCUT2D eigenvalue weighted by Gasteiger charge is -2.53. The van der Waals surface area contributed by atoms with Crippen molar-refractivity contribution in [3.63, 3.8) is 0 Å². The zero-order valence-corrected chi connectivity index (χ0v) is 47.0. The lowest BCUT2D eigenvalue weighted by Crippen LogP contribution is -2.44. The van der Waals surface area contributed by atoms with Crippen LogP contribution in [-0.4, -0.2) is 0 Å². The molecular weight excluding hydrogens is 757 g/mol. The van der Waals surface area contributed by atoms with E-state index in [2.05, 4.69) is 132 Å². The topological polar surface area (TPSA) is 0 Å². The first kappa shape index (κ1) is 53.9. The fourth-order valence-electron chi connectivity index (χ4n) is 17.2. The SMILES string of the molecule is CC1C2CCC(CC2)[C@H]1C.CCC1(C)CC(C)(C)C(C)(C)C1.CCC1CC(C)(C)C(C)(C)C1.C[C@@H]1C2CCC(CC2)C1(C)C.C[C@H]1CC2CCC1(C)CC2.C[C@H]1CC2CCC1CC2. The highest BCUT2D eigenvalue weighted by Crippen LogP contribution is 2.61. The summed E-state index contributed by atoms with van der Waals surface area (Å²) in [5.41, 5.74) is 4.18. The summed E-state index contributed by atoms with van der Waals surface area (Å²) < 4.78 is 0. The molecule has 0 aromatic rings. The predicted octanol–water partition coefficient (Wildman–Crippen LogP) is 20.7. The summed E-state index contributed by atoms with van der Waals surface area (Å²) in [6.07, 6.45) is 35.9. The van der Waals surface area contributed by atoms with Crippen molar-refractivity contribution in [2.45, 2.75) is 286 Å². The average molecular weight is 876 g/mol. The molecule has 14 rings (SSSR count). The van der Waals surface area contributed by atoms with Gasteiger partial charge < -0.3 is 0 Å². The largest absolute Gasteiger partial charge is 0.0651 e.